The zero-order chi connectivity index (χ0) is 44.5. The van der Waals surface area contributed by atoms with Crippen LogP contribution < -0.4 is 0 Å². The number of rotatable bonds is 43. The van der Waals surface area contributed by atoms with E-state index in [0.717, 1.165) is 44.4 Å². The summed E-state index contributed by atoms with van der Waals surface area (Å²) in [5.41, 5.74) is 0. The largest absolute Gasteiger partial charge is 0.472 e. The van der Waals surface area contributed by atoms with Gasteiger partial charge in [-0.3, -0.25) is 18.6 Å². The maximum atomic E-state index is 12.7. The summed E-state index contributed by atoms with van der Waals surface area (Å²) in [6.45, 7) is 4.37. The van der Waals surface area contributed by atoms with Crippen molar-refractivity contribution in [3.8, 4) is 0 Å². The highest BCUT2D eigenvalue weighted by molar-refractivity contribution is 7.47. The Morgan fingerprint density at radius 2 is 1.10 bits per heavy atom. The smallest absolute Gasteiger partial charge is 0.462 e. The number of allylic oxidation sites excluding steroid dienone is 5. The Labute approximate surface area is 364 Å². The van der Waals surface area contributed by atoms with Crippen LogP contribution in [0.3, 0.4) is 0 Å². The second-order valence-corrected chi connectivity index (χ2v) is 18.0. The minimum atomic E-state index is -4.69. The lowest BCUT2D eigenvalue weighted by molar-refractivity contribution is -0.161. The van der Waals surface area contributed by atoms with Gasteiger partial charge in [-0.25, -0.2) is 4.57 Å². The zero-order valence-electron chi connectivity index (χ0n) is 37.8. The monoisotopic (exact) mass is 875 g/mol. The molecule has 0 rings (SSSR count). The predicted molar refractivity (Wildman–Crippen MR) is 240 cm³/mol. The fraction of sp³-hybridized carbons (Fsp3) is 0.830. The molecule has 12 nitrogen and oxygen atoms in total. The average molecular weight is 875 g/mol. The first kappa shape index (κ1) is 58.1. The van der Waals surface area contributed by atoms with Crippen molar-refractivity contribution in [3.63, 3.8) is 0 Å². The van der Waals surface area contributed by atoms with Crippen molar-refractivity contribution in [2.24, 2.45) is 5.92 Å². The van der Waals surface area contributed by atoms with Crippen LogP contribution in [0, 0.1) is 5.92 Å². The first-order chi connectivity index (χ1) is 28.9. The maximum absolute atomic E-state index is 12.7. The van der Waals surface area contributed by atoms with Crippen molar-refractivity contribution < 1.29 is 58.0 Å². The number of aliphatic hydroxyl groups excluding tert-OH is 4. The fourth-order valence-electron chi connectivity index (χ4n) is 6.40. The van der Waals surface area contributed by atoms with Crippen LogP contribution in [0.25, 0.3) is 0 Å². The zero-order valence-corrected chi connectivity index (χ0v) is 38.7. The number of ether oxygens (including phenoxy) is 2. The molecule has 5 N–H and O–H groups in total. The van der Waals surface area contributed by atoms with Crippen molar-refractivity contribution in [1.29, 1.82) is 0 Å². The third-order valence-electron chi connectivity index (χ3n) is 10.2. The molecule has 13 heteroatoms. The number of carbonyl (C=O) groups excluding carboxylic acids is 2. The lowest BCUT2D eigenvalue weighted by Crippen LogP contribution is -2.30. The average Bonchev–Trinajstić information content (AvgIpc) is 3.22. The molecule has 0 heterocycles. The molecule has 60 heavy (non-hydrogen) atoms. The van der Waals surface area contributed by atoms with Gasteiger partial charge in [0.15, 0.2) is 6.10 Å². The Bertz CT molecular complexity index is 1140. The highest BCUT2D eigenvalue weighted by atomic mass is 31.2. The quantitative estimate of drug-likeness (QED) is 0.0169. The summed E-state index contributed by atoms with van der Waals surface area (Å²) in [5, 5.41) is 39.0. The van der Waals surface area contributed by atoms with Crippen LogP contribution >= 0.6 is 7.82 Å². The molecule has 0 aromatic carbocycles. The molecule has 0 spiro atoms. The van der Waals surface area contributed by atoms with E-state index in [-0.39, 0.29) is 32.1 Å². The van der Waals surface area contributed by atoms with E-state index in [1.807, 2.05) is 12.2 Å². The van der Waals surface area contributed by atoms with Gasteiger partial charge >= 0.3 is 19.8 Å². The summed E-state index contributed by atoms with van der Waals surface area (Å²) in [7, 11) is -4.69. The highest BCUT2D eigenvalue weighted by Gasteiger charge is 2.27. The Morgan fingerprint density at radius 1 is 0.583 bits per heavy atom. The molecule has 5 atom stereocenters. The number of hydrogen-bond donors (Lipinski definition) is 5. The maximum Gasteiger partial charge on any atom is 0.472 e. The van der Waals surface area contributed by atoms with E-state index in [9.17, 15) is 34.4 Å². The van der Waals surface area contributed by atoms with Crippen LogP contribution in [0.4, 0.5) is 0 Å². The summed E-state index contributed by atoms with van der Waals surface area (Å²) in [4.78, 5) is 35.1. The van der Waals surface area contributed by atoms with Crippen molar-refractivity contribution in [2.75, 3.05) is 26.4 Å². The van der Waals surface area contributed by atoms with Gasteiger partial charge in [-0.15, -0.1) is 0 Å². The molecule has 352 valence electrons. The second-order valence-electron chi connectivity index (χ2n) is 16.6. The predicted octanol–water partition coefficient (Wildman–Crippen LogP) is 10.5. The molecule has 0 aromatic rings. The molecular formula is C47H87O12P. The summed E-state index contributed by atoms with van der Waals surface area (Å²) in [5.74, 6) is -0.389. The van der Waals surface area contributed by atoms with Crippen LogP contribution in [0.15, 0.2) is 36.5 Å². The molecule has 0 radical (unpaired) electrons. The fourth-order valence-corrected chi connectivity index (χ4v) is 7.19. The summed E-state index contributed by atoms with van der Waals surface area (Å²) in [6, 6.07) is 0. The Balaban J connectivity index is 4.46. The van der Waals surface area contributed by atoms with Gasteiger partial charge in [0.2, 0.25) is 0 Å². The molecule has 0 bridgehead atoms. The first-order valence-corrected chi connectivity index (χ1v) is 25.0. The molecule has 0 saturated carbocycles. The van der Waals surface area contributed by atoms with Crippen LogP contribution in [0.2, 0.25) is 0 Å². The lowest BCUT2D eigenvalue weighted by Gasteiger charge is -2.20. The van der Waals surface area contributed by atoms with Gasteiger partial charge < -0.3 is 34.8 Å². The number of unbranched alkanes of at least 4 members (excludes halogenated alkanes) is 17. The van der Waals surface area contributed by atoms with Crippen molar-refractivity contribution in [3.05, 3.63) is 36.5 Å². The lowest BCUT2D eigenvalue weighted by atomic mass is 10.0. The molecule has 0 aliphatic rings. The van der Waals surface area contributed by atoms with Crippen LogP contribution in [-0.4, -0.2) is 88.1 Å². The van der Waals surface area contributed by atoms with Gasteiger partial charge in [-0.1, -0.05) is 166 Å². The van der Waals surface area contributed by atoms with Gasteiger partial charge in [0.1, 0.15) is 12.7 Å². The van der Waals surface area contributed by atoms with Crippen LogP contribution in [0.5, 0.6) is 0 Å². The van der Waals surface area contributed by atoms with Gasteiger partial charge in [0, 0.05) is 12.8 Å². The van der Waals surface area contributed by atoms with Crippen LogP contribution in [0.1, 0.15) is 194 Å². The van der Waals surface area contributed by atoms with E-state index in [1.54, 1.807) is 0 Å². The SMILES string of the molecule is CCCCC/C=C\C/C=C\C/C=C\CC(O)C(O)CCCC(=O)OC[C@H](COP(=O)(O)OC[C@@H](O)CO)OC(=O)CCCCCCCCCCCCCCCCCC(C)C. The summed E-state index contributed by atoms with van der Waals surface area (Å²) in [6.07, 6.45) is 34.2. The van der Waals surface area contributed by atoms with E-state index in [1.165, 1.54) is 96.3 Å². The van der Waals surface area contributed by atoms with Crippen molar-refractivity contribution >= 4 is 19.8 Å². The minimum absolute atomic E-state index is 0.0710. The normalized spacial score (nSPS) is 15.2. The third-order valence-corrected chi connectivity index (χ3v) is 11.1. The molecule has 0 saturated heterocycles. The van der Waals surface area contributed by atoms with E-state index in [4.69, 9.17) is 19.1 Å². The van der Waals surface area contributed by atoms with E-state index < -0.39 is 70.6 Å². The summed E-state index contributed by atoms with van der Waals surface area (Å²) < 4.78 is 32.6. The number of aliphatic hydroxyl groups is 4. The molecule has 0 aromatic heterocycles. The number of phosphoric acid groups is 1. The number of hydrogen-bond acceptors (Lipinski definition) is 11. The van der Waals surface area contributed by atoms with E-state index in [0.29, 0.717) is 6.42 Å². The van der Waals surface area contributed by atoms with Crippen LogP contribution in [-0.2, 0) is 32.7 Å². The Kier molecular flexibility index (Phi) is 39.8. The number of esters is 2. The molecule has 0 aliphatic carbocycles. The van der Waals surface area contributed by atoms with E-state index >= 15 is 0 Å². The van der Waals surface area contributed by atoms with Gasteiger partial charge in [0.25, 0.3) is 0 Å². The van der Waals surface area contributed by atoms with Crippen molar-refractivity contribution in [1.82, 2.24) is 0 Å². The third kappa shape index (κ3) is 40.2. The molecule has 0 fully saturated rings. The Hall–Kier alpha value is -1.89. The van der Waals surface area contributed by atoms with Gasteiger partial charge in [0.05, 0.1) is 32.0 Å². The topological polar surface area (TPSA) is 189 Å². The molecule has 0 aliphatic heterocycles. The van der Waals surface area contributed by atoms with E-state index in [2.05, 4.69) is 49.6 Å². The second kappa shape index (κ2) is 41.1. The first-order valence-electron chi connectivity index (χ1n) is 23.5. The molecule has 3 unspecified atom stereocenters. The number of carbonyl (C=O) groups is 2. The number of phosphoric ester groups is 1. The molecule has 0 amide bonds. The van der Waals surface area contributed by atoms with Crippen molar-refractivity contribution in [2.45, 2.75) is 219 Å². The minimum Gasteiger partial charge on any atom is -0.462 e. The Morgan fingerprint density at radius 3 is 1.67 bits per heavy atom. The highest BCUT2D eigenvalue weighted by Crippen LogP contribution is 2.43. The van der Waals surface area contributed by atoms with Gasteiger partial charge in [-0.2, -0.15) is 0 Å². The molecular weight excluding hydrogens is 787 g/mol. The summed E-state index contributed by atoms with van der Waals surface area (Å²) >= 11 is 0. The van der Waals surface area contributed by atoms with Gasteiger partial charge in [-0.05, 0) is 57.3 Å². The standard InChI is InChI=1S/C47H87O12P/c1-4-5-6-7-8-9-10-17-20-23-26-29-33-44(50)45(51)34-31-36-46(52)56-39-43(40-58-60(54,55)57-38-42(49)37-48)59-47(53)35-30-27-24-21-18-15-13-11-12-14-16-19-22-25-28-32-41(2)3/h8-9,17,20,26,29,41-45,48-51H,4-7,10-16,18-19,21-25,27-28,30-40H2,1-3H3,(H,54,55)/b9-8-,20-17-,29-26-/t42-,43+,44?,45?/m0/s1.